The largest absolute Gasteiger partial charge is 0.481 e. The molecule has 1 aliphatic heterocycles. The first-order chi connectivity index (χ1) is 10.7. The molecule has 1 unspecified atom stereocenters. The predicted octanol–water partition coefficient (Wildman–Crippen LogP) is 3.81. The second-order valence-corrected chi connectivity index (χ2v) is 6.36. The number of aromatic nitrogens is 1. The molecule has 22 heavy (non-hydrogen) atoms. The van der Waals surface area contributed by atoms with Gasteiger partial charge in [-0.25, -0.2) is 4.98 Å². The molecule has 0 bridgehead atoms. The first kappa shape index (κ1) is 15.3. The third-order valence-corrected chi connectivity index (χ3v) is 4.47. The van der Waals surface area contributed by atoms with E-state index in [0.29, 0.717) is 5.88 Å². The molecular formula is C18H21ClN2O. The zero-order chi connectivity index (χ0) is 15.4. The number of hydrogen-bond donors (Lipinski definition) is 0. The van der Waals surface area contributed by atoms with Crippen LogP contribution in [-0.2, 0) is 13.0 Å². The molecule has 4 heteroatoms. The fraction of sp³-hybridized carbons (Fsp3) is 0.389. The van der Waals surface area contributed by atoms with E-state index in [9.17, 15) is 0 Å². The van der Waals surface area contributed by atoms with Crippen molar-refractivity contribution >= 4 is 11.6 Å². The molecule has 0 radical (unpaired) electrons. The summed E-state index contributed by atoms with van der Waals surface area (Å²) in [4.78, 5) is 6.67. The van der Waals surface area contributed by atoms with E-state index in [1.165, 1.54) is 17.5 Å². The standard InChI is InChI=1S/C18H21ClN2O/c1-22-18-11-15(6-8-20-18)12-21-9-7-16(13-21)10-14-2-4-17(19)5-3-14/h2-6,8,11,16H,7,9-10,12-13H2,1H3. The van der Waals surface area contributed by atoms with Crippen molar-refractivity contribution in [2.24, 2.45) is 5.92 Å². The summed E-state index contributed by atoms with van der Waals surface area (Å²) in [6.45, 7) is 3.27. The Kier molecular flexibility index (Phi) is 4.96. The Morgan fingerprint density at radius 2 is 2.05 bits per heavy atom. The number of nitrogens with zero attached hydrogens (tertiary/aromatic N) is 2. The maximum atomic E-state index is 5.94. The van der Waals surface area contributed by atoms with Crippen molar-refractivity contribution in [1.82, 2.24) is 9.88 Å². The van der Waals surface area contributed by atoms with Crippen LogP contribution in [0, 0.1) is 5.92 Å². The highest BCUT2D eigenvalue weighted by Gasteiger charge is 2.22. The smallest absolute Gasteiger partial charge is 0.213 e. The zero-order valence-electron chi connectivity index (χ0n) is 12.8. The summed E-state index contributed by atoms with van der Waals surface area (Å²) in [7, 11) is 1.66. The van der Waals surface area contributed by atoms with Crippen LogP contribution in [-0.4, -0.2) is 30.1 Å². The van der Waals surface area contributed by atoms with Crippen LogP contribution in [0.4, 0.5) is 0 Å². The van der Waals surface area contributed by atoms with Gasteiger partial charge in [-0.15, -0.1) is 0 Å². The Labute approximate surface area is 136 Å². The van der Waals surface area contributed by atoms with E-state index in [2.05, 4.69) is 28.1 Å². The minimum atomic E-state index is 0.689. The van der Waals surface area contributed by atoms with E-state index in [4.69, 9.17) is 16.3 Å². The quantitative estimate of drug-likeness (QED) is 0.838. The monoisotopic (exact) mass is 316 g/mol. The number of ether oxygens (including phenoxy) is 1. The van der Waals surface area contributed by atoms with Crippen molar-refractivity contribution in [2.75, 3.05) is 20.2 Å². The van der Waals surface area contributed by atoms with Crippen molar-refractivity contribution < 1.29 is 4.74 Å². The summed E-state index contributed by atoms with van der Waals surface area (Å²) >= 11 is 5.94. The number of halogens is 1. The number of pyridine rings is 1. The summed E-state index contributed by atoms with van der Waals surface area (Å²) in [5.74, 6) is 1.42. The first-order valence-corrected chi connectivity index (χ1v) is 8.06. The molecule has 1 saturated heterocycles. The molecule has 0 N–H and O–H groups in total. The maximum absolute atomic E-state index is 5.94. The van der Waals surface area contributed by atoms with Gasteiger partial charge in [0.05, 0.1) is 7.11 Å². The molecule has 0 aliphatic carbocycles. The first-order valence-electron chi connectivity index (χ1n) is 7.68. The number of methoxy groups -OCH3 is 1. The van der Waals surface area contributed by atoms with Crippen LogP contribution in [0.15, 0.2) is 42.6 Å². The second-order valence-electron chi connectivity index (χ2n) is 5.93. The van der Waals surface area contributed by atoms with Gasteiger partial charge in [-0.05, 0) is 54.6 Å². The third kappa shape index (κ3) is 3.99. The van der Waals surface area contributed by atoms with Crippen LogP contribution in [0.2, 0.25) is 5.02 Å². The lowest BCUT2D eigenvalue weighted by Gasteiger charge is -2.16. The van der Waals surface area contributed by atoms with Gasteiger partial charge < -0.3 is 4.74 Å². The molecule has 0 saturated carbocycles. The molecule has 2 heterocycles. The molecule has 3 rings (SSSR count). The Balaban J connectivity index is 1.54. The van der Waals surface area contributed by atoms with Gasteiger partial charge in [-0.2, -0.15) is 0 Å². The number of hydrogen-bond acceptors (Lipinski definition) is 3. The zero-order valence-corrected chi connectivity index (χ0v) is 13.6. The third-order valence-electron chi connectivity index (χ3n) is 4.22. The summed E-state index contributed by atoms with van der Waals surface area (Å²) < 4.78 is 5.19. The predicted molar refractivity (Wildman–Crippen MR) is 89.3 cm³/mol. The lowest BCUT2D eigenvalue weighted by molar-refractivity contribution is 0.315. The summed E-state index contributed by atoms with van der Waals surface area (Å²) in [6, 6.07) is 12.3. The van der Waals surface area contributed by atoms with E-state index >= 15 is 0 Å². The van der Waals surface area contributed by atoms with Gasteiger partial charge in [0.1, 0.15) is 0 Å². The molecular weight excluding hydrogens is 296 g/mol. The molecule has 1 aromatic heterocycles. The van der Waals surface area contributed by atoms with Crippen LogP contribution >= 0.6 is 11.6 Å². The van der Waals surface area contributed by atoms with Gasteiger partial charge in [0.2, 0.25) is 5.88 Å². The average Bonchev–Trinajstić information content (AvgIpc) is 2.97. The molecule has 0 amide bonds. The topological polar surface area (TPSA) is 25.4 Å². The van der Waals surface area contributed by atoms with Crippen molar-refractivity contribution in [3.63, 3.8) is 0 Å². The molecule has 116 valence electrons. The molecule has 3 nitrogen and oxygen atoms in total. The molecule has 1 aromatic carbocycles. The van der Waals surface area contributed by atoms with Crippen molar-refractivity contribution in [2.45, 2.75) is 19.4 Å². The number of benzene rings is 1. The van der Waals surface area contributed by atoms with Crippen molar-refractivity contribution in [3.05, 3.63) is 58.7 Å². The van der Waals surface area contributed by atoms with Crippen LogP contribution in [0.1, 0.15) is 17.5 Å². The number of likely N-dealkylation sites (tertiary alicyclic amines) is 1. The van der Waals surface area contributed by atoms with Gasteiger partial charge in [0, 0.05) is 30.4 Å². The van der Waals surface area contributed by atoms with Crippen molar-refractivity contribution in [1.29, 1.82) is 0 Å². The van der Waals surface area contributed by atoms with E-state index in [-0.39, 0.29) is 0 Å². The molecule has 1 fully saturated rings. The fourth-order valence-electron chi connectivity index (χ4n) is 3.10. The van der Waals surface area contributed by atoms with Crippen LogP contribution in [0.25, 0.3) is 0 Å². The Bertz CT molecular complexity index is 615. The summed E-state index contributed by atoms with van der Waals surface area (Å²) in [5.41, 5.74) is 2.64. The van der Waals surface area contributed by atoms with Gasteiger partial charge in [-0.1, -0.05) is 23.7 Å². The second kappa shape index (κ2) is 7.12. The van der Waals surface area contributed by atoms with Crippen LogP contribution in [0.5, 0.6) is 5.88 Å². The highest BCUT2D eigenvalue weighted by atomic mass is 35.5. The van der Waals surface area contributed by atoms with E-state index in [0.717, 1.165) is 37.0 Å². The molecule has 1 aliphatic rings. The number of rotatable bonds is 5. The van der Waals surface area contributed by atoms with Gasteiger partial charge in [0.25, 0.3) is 0 Å². The molecule has 1 atom stereocenters. The Morgan fingerprint density at radius 3 is 2.82 bits per heavy atom. The summed E-state index contributed by atoms with van der Waals surface area (Å²) in [6.07, 6.45) is 4.20. The van der Waals surface area contributed by atoms with Crippen LogP contribution in [0.3, 0.4) is 0 Å². The van der Waals surface area contributed by atoms with Crippen LogP contribution < -0.4 is 4.74 Å². The van der Waals surface area contributed by atoms with Crippen molar-refractivity contribution in [3.8, 4) is 5.88 Å². The van der Waals surface area contributed by atoms with E-state index in [1.807, 2.05) is 24.4 Å². The summed E-state index contributed by atoms with van der Waals surface area (Å²) in [5, 5.41) is 0.809. The lowest BCUT2D eigenvalue weighted by Crippen LogP contribution is -2.20. The van der Waals surface area contributed by atoms with Gasteiger partial charge in [-0.3, -0.25) is 4.90 Å². The molecule has 2 aromatic rings. The Hall–Kier alpha value is -1.58. The maximum Gasteiger partial charge on any atom is 0.213 e. The highest BCUT2D eigenvalue weighted by Crippen LogP contribution is 2.23. The highest BCUT2D eigenvalue weighted by molar-refractivity contribution is 6.30. The SMILES string of the molecule is COc1cc(CN2CCC(Cc3ccc(Cl)cc3)C2)ccn1. The Morgan fingerprint density at radius 1 is 1.23 bits per heavy atom. The van der Waals surface area contributed by atoms with Gasteiger partial charge in [0.15, 0.2) is 0 Å². The lowest BCUT2D eigenvalue weighted by atomic mass is 9.99. The minimum Gasteiger partial charge on any atom is -0.481 e. The fourth-order valence-corrected chi connectivity index (χ4v) is 3.22. The molecule has 0 spiro atoms. The average molecular weight is 317 g/mol. The normalized spacial score (nSPS) is 18.5. The minimum absolute atomic E-state index is 0.689. The van der Waals surface area contributed by atoms with Gasteiger partial charge >= 0.3 is 0 Å². The van der Waals surface area contributed by atoms with E-state index < -0.39 is 0 Å². The van der Waals surface area contributed by atoms with E-state index in [1.54, 1.807) is 7.11 Å².